The van der Waals surface area contributed by atoms with Crippen molar-refractivity contribution in [2.45, 2.75) is 56.6 Å². The molecule has 3 aromatic rings. The number of halogens is 5. The van der Waals surface area contributed by atoms with Gasteiger partial charge in [0.25, 0.3) is 10.0 Å². The lowest BCUT2D eigenvalue weighted by Gasteiger charge is -2.39. The monoisotopic (exact) mass is 598 g/mol. The number of fused-ring (bicyclic) bond motifs is 1. The van der Waals surface area contributed by atoms with Gasteiger partial charge in [-0.25, -0.2) is 12.8 Å². The van der Waals surface area contributed by atoms with Crippen LogP contribution in [-0.2, 0) is 34.0 Å². The summed E-state index contributed by atoms with van der Waals surface area (Å²) in [5, 5.41) is 8.17. The van der Waals surface area contributed by atoms with Gasteiger partial charge in [-0.3, -0.25) is 4.31 Å². The summed E-state index contributed by atoms with van der Waals surface area (Å²) in [6.45, 7) is 4.48. The van der Waals surface area contributed by atoms with Gasteiger partial charge in [0.2, 0.25) is 0 Å². The van der Waals surface area contributed by atoms with Crippen LogP contribution in [0.15, 0.2) is 65.6 Å². The van der Waals surface area contributed by atoms with Crippen molar-refractivity contribution < 1.29 is 35.5 Å². The molecule has 40 heavy (non-hydrogen) atoms. The molecule has 0 fully saturated rings. The molecule has 0 saturated heterocycles. The Bertz CT molecular complexity index is 1520. The average molecular weight is 599 g/mol. The lowest BCUT2D eigenvalue weighted by atomic mass is 9.98. The number of hydrogen-bond acceptors (Lipinski definition) is 5. The molecule has 1 aliphatic heterocycles. The highest BCUT2D eigenvalue weighted by Crippen LogP contribution is 2.38. The molecule has 0 aliphatic carbocycles. The first-order valence-corrected chi connectivity index (χ1v) is 14.0. The third-order valence-electron chi connectivity index (χ3n) is 6.70. The van der Waals surface area contributed by atoms with Crippen molar-refractivity contribution in [3.05, 3.63) is 88.2 Å². The second kappa shape index (κ2) is 11.0. The number of nitrogens with zero attached hydrogens (tertiary/aromatic N) is 1. The number of nitrogens with one attached hydrogen (secondary N) is 1. The zero-order valence-electron chi connectivity index (χ0n) is 21.9. The number of hydrogen-bond donors (Lipinski definition) is 1. The third kappa shape index (κ3) is 6.26. The van der Waals surface area contributed by atoms with Crippen LogP contribution >= 0.6 is 11.6 Å². The highest BCUT2D eigenvalue weighted by atomic mass is 35.5. The third-order valence-corrected chi connectivity index (χ3v) is 8.83. The van der Waals surface area contributed by atoms with Crippen molar-refractivity contribution in [3.8, 4) is 5.75 Å². The Balaban J connectivity index is 1.74. The molecule has 4 rings (SSSR count). The van der Waals surface area contributed by atoms with Gasteiger partial charge >= 0.3 is 6.18 Å². The summed E-state index contributed by atoms with van der Waals surface area (Å²) in [6, 6.07) is 12.4. The second-order valence-corrected chi connectivity index (χ2v) is 12.2. The topological polar surface area (TPSA) is 79.7 Å². The van der Waals surface area contributed by atoms with Crippen molar-refractivity contribution >= 4 is 33.0 Å². The number of anilines is 1. The summed E-state index contributed by atoms with van der Waals surface area (Å²) in [6.07, 6.45) is -5.16. The van der Waals surface area contributed by atoms with Gasteiger partial charge in [0.15, 0.2) is 0 Å². The van der Waals surface area contributed by atoms with Crippen molar-refractivity contribution in [1.29, 1.82) is 5.41 Å². The van der Waals surface area contributed by atoms with Gasteiger partial charge in [0, 0.05) is 23.8 Å². The van der Waals surface area contributed by atoms with Crippen LogP contribution in [0.4, 0.5) is 23.2 Å². The minimum atomic E-state index is -4.74. The standard InChI is InChI=1S/C28H27ClF4N2O4S/c1-17(34)27(2,3)39-21-12-18-10-11-20(38-16-23-24(29)8-5-9-25(23)30)14-26(18)35(15-21)40(36,37)22-7-4-6-19(13-22)28(31,32)33/h4-11,13-14,21,34H,12,15-16H2,1-3H3. The first-order valence-electron chi connectivity index (χ1n) is 12.2. The fourth-order valence-electron chi connectivity index (χ4n) is 4.23. The number of alkyl halides is 3. The first-order chi connectivity index (χ1) is 18.6. The van der Waals surface area contributed by atoms with Crippen LogP contribution in [0.3, 0.4) is 0 Å². The number of sulfonamides is 1. The predicted octanol–water partition coefficient (Wildman–Crippen LogP) is 7.03. The van der Waals surface area contributed by atoms with E-state index in [-0.39, 0.29) is 47.3 Å². The molecule has 0 aromatic heterocycles. The van der Waals surface area contributed by atoms with E-state index in [9.17, 15) is 26.0 Å². The molecule has 1 unspecified atom stereocenters. The van der Waals surface area contributed by atoms with Crippen molar-refractivity contribution in [1.82, 2.24) is 0 Å². The van der Waals surface area contributed by atoms with Gasteiger partial charge in [-0.15, -0.1) is 0 Å². The lowest BCUT2D eigenvalue weighted by Crippen LogP contribution is -2.47. The maximum atomic E-state index is 14.2. The normalized spacial score (nSPS) is 16.0. The van der Waals surface area contributed by atoms with E-state index >= 15 is 0 Å². The molecule has 6 nitrogen and oxygen atoms in total. The molecule has 0 spiro atoms. The van der Waals surface area contributed by atoms with E-state index in [1.807, 2.05) is 0 Å². The highest BCUT2D eigenvalue weighted by Gasteiger charge is 2.38. The minimum absolute atomic E-state index is 0.119. The Morgan fingerprint density at radius 2 is 1.80 bits per heavy atom. The summed E-state index contributed by atoms with van der Waals surface area (Å²) in [4.78, 5) is -0.541. The molecular weight excluding hydrogens is 572 g/mol. The fraction of sp³-hybridized carbons (Fsp3) is 0.321. The van der Waals surface area contributed by atoms with Crippen molar-refractivity contribution in [2.75, 3.05) is 10.8 Å². The predicted molar refractivity (Wildman–Crippen MR) is 144 cm³/mol. The van der Waals surface area contributed by atoms with Gasteiger partial charge in [0.05, 0.1) is 39.4 Å². The van der Waals surface area contributed by atoms with E-state index in [0.717, 1.165) is 22.5 Å². The number of ether oxygens (including phenoxy) is 2. The van der Waals surface area contributed by atoms with Gasteiger partial charge in [-0.2, -0.15) is 13.2 Å². The molecular formula is C28H27ClF4N2O4S. The Hall–Kier alpha value is -3.15. The van der Waals surface area contributed by atoms with Crippen LogP contribution in [0.1, 0.15) is 37.5 Å². The number of benzene rings is 3. The number of rotatable bonds is 8. The molecule has 1 aliphatic rings. The largest absolute Gasteiger partial charge is 0.489 e. The lowest BCUT2D eigenvalue weighted by molar-refractivity contribution is -0.137. The fourth-order valence-corrected chi connectivity index (χ4v) is 6.02. The molecule has 1 N–H and O–H groups in total. The van der Waals surface area contributed by atoms with E-state index in [0.29, 0.717) is 11.6 Å². The molecule has 0 radical (unpaired) electrons. The Morgan fingerprint density at radius 1 is 1.10 bits per heavy atom. The Morgan fingerprint density at radius 3 is 2.45 bits per heavy atom. The zero-order valence-corrected chi connectivity index (χ0v) is 23.4. The van der Waals surface area contributed by atoms with Gasteiger partial charge < -0.3 is 14.9 Å². The SMILES string of the molecule is CC(=N)C(C)(C)OC1Cc2ccc(OCc3c(F)cccc3Cl)cc2N(S(=O)(=O)c2cccc(C(F)(F)F)c2)C1. The summed E-state index contributed by atoms with van der Waals surface area (Å²) < 4.78 is 94.8. The van der Waals surface area contributed by atoms with Crippen LogP contribution in [0.2, 0.25) is 5.02 Å². The van der Waals surface area contributed by atoms with Crippen LogP contribution in [0.25, 0.3) is 0 Å². The van der Waals surface area contributed by atoms with E-state index in [4.69, 9.17) is 26.5 Å². The second-order valence-electron chi connectivity index (χ2n) is 9.92. The molecule has 12 heteroatoms. The summed E-state index contributed by atoms with van der Waals surface area (Å²) in [7, 11) is -4.50. The van der Waals surface area contributed by atoms with Crippen molar-refractivity contribution in [3.63, 3.8) is 0 Å². The van der Waals surface area contributed by atoms with Gasteiger partial charge in [-0.05, 0) is 62.7 Å². The molecule has 0 amide bonds. The van der Waals surface area contributed by atoms with Crippen LogP contribution in [-0.4, -0.2) is 32.4 Å². The average Bonchev–Trinajstić information content (AvgIpc) is 2.87. The maximum Gasteiger partial charge on any atom is 0.416 e. The minimum Gasteiger partial charge on any atom is -0.489 e. The van der Waals surface area contributed by atoms with Crippen molar-refractivity contribution in [2.24, 2.45) is 0 Å². The molecule has 214 valence electrons. The molecule has 0 saturated carbocycles. The molecule has 1 heterocycles. The zero-order chi connectivity index (χ0) is 29.5. The Kier molecular flexibility index (Phi) is 8.22. The molecule has 3 aromatic carbocycles. The summed E-state index contributed by atoms with van der Waals surface area (Å²) in [5.41, 5.74) is -1.02. The van der Waals surface area contributed by atoms with E-state index in [2.05, 4.69) is 0 Å². The smallest absolute Gasteiger partial charge is 0.416 e. The highest BCUT2D eigenvalue weighted by molar-refractivity contribution is 7.92. The first kappa shape index (κ1) is 29.8. The molecule has 0 bridgehead atoms. The molecule has 1 atom stereocenters. The van der Waals surface area contributed by atoms with Crippen LogP contribution < -0.4 is 9.04 Å². The van der Waals surface area contributed by atoms with E-state index < -0.39 is 44.2 Å². The van der Waals surface area contributed by atoms with Crippen LogP contribution in [0.5, 0.6) is 5.75 Å². The Labute approximate surface area is 235 Å². The summed E-state index contributed by atoms with van der Waals surface area (Å²) in [5.74, 6) is -0.361. The van der Waals surface area contributed by atoms with Gasteiger partial charge in [-0.1, -0.05) is 29.8 Å². The summed E-state index contributed by atoms with van der Waals surface area (Å²) >= 11 is 6.08. The van der Waals surface area contributed by atoms with Crippen LogP contribution in [0, 0.1) is 11.2 Å². The van der Waals surface area contributed by atoms with E-state index in [1.54, 1.807) is 32.9 Å². The maximum absolute atomic E-state index is 14.2. The van der Waals surface area contributed by atoms with E-state index in [1.165, 1.54) is 24.3 Å². The van der Waals surface area contributed by atoms with Gasteiger partial charge in [0.1, 0.15) is 18.2 Å². The quantitative estimate of drug-likeness (QED) is 0.223.